The molecule has 2 aromatic heterocycles. The highest BCUT2D eigenvalue weighted by Gasteiger charge is 2.48. The van der Waals surface area contributed by atoms with Gasteiger partial charge < -0.3 is 10.2 Å². The zero-order valence-electron chi connectivity index (χ0n) is 19.5. The highest BCUT2D eigenvalue weighted by Crippen LogP contribution is 2.33. The molecule has 0 bridgehead atoms. The quantitative estimate of drug-likeness (QED) is 0.387. The molecule has 5 rings (SSSR count). The van der Waals surface area contributed by atoms with Crippen molar-refractivity contribution >= 4 is 34.8 Å². The number of nitrogens with one attached hydrogen (secondary N) is 1. The summed E-state index contributed by atoms with van der Waals surface area (Å²) in [5.41, 5.74) is 3.07. The number of carbonyl (C=O) groups excluding carboxylic acids is 2. The molecule has 0 fully saturated rings. The molecule has 4 aromatic rings. The molecule has 0 aliphatic carbocycles. The maximum atomic E-state index is 13.8. The Morgan fingerprint density at radius 3 is 2.63 bits per heavy atom. The van der Waals surface area contributed by atoms with Crippen molar-refractivity contribution in [2.45, 2.75) is 39.0 Å². The SMILES string of the molecule is Cc1ccc(CNC(=O)C2(C)Cn3nc(-c4cccs4)cc3C(=O)N2Cc2cccc(Cl)c2)cc1. The molecule has 178 valence electrons. The monoisotopic (exact) mass is 504 g/mol. The second-order valence-corrected chi connectivity index (χ2v) is 10.4. The van der Waals surface area contributed by atoms with Crippen LogP contribution >= 0.6 is 22.9 Å². The molecule has 0 radical (unpaired) electrons. The molecule has 1 unspecified atom stereocenters. The van der Waals surface area contributed by atoms with Crippen molar-refractivity contribution in [1.82, 2.24) is 20.0 Å². The van der Waals surface area contributed by atoms with Gasteiger partial charge in [-0.15, -0.1) is 11.3 Å². The Bertz CT molecular complexity index is 1380. The van der Waals surface area contributed by atoms with E-state index in [2.05, 4.69) is 10.4 Å². The fourth-order valence-corrected chi connectivity index (χ4v) is 5.23. The maximum absolute atomic E-state index is 13.8. The molecule has 6 nitrogen and oxygen atoms in total. The molecule has 1 aliphatic rings. The third kappa shape index (κ3) is 4.61. The third-order valence-electron chi connectivity index (χ3n) is 6.36. The summed E-state index contributed by atoms with van der Waals surface area (Å²) >= 11 is 7.77. The molecule has 0 saturated carbocycles. The van der Waals surface area contributed by atoms with Crippen molar-refractivity contribution in [3.63, 3.8) is 0 Å². The number of aromatic nitrogens is 2. The zero-order valence-corrected chi connectivity index (χ0v) is 21.1. The van der Waals surface area contributed by atoms with Crippen molar-refractivity contribution in [3.8, 4) is 10.6 Å². The predicted molar refractivity (Wildman–Crippen MR) is 138 cm³/mol. The van der Waals surface area contributed by atoms with E-state index in [4.69, 9.17) is 11.6 Å². The summed E-state index contributed by atoms with van der Waals surface area (Å²) in [6.45, 7) is 4.71. The second-order valence-electron chi connectivity index (χ2n) is 9.01. The summed E-state index contributed by atoms with van der Waals surface area (Å²) in [6, 6.07) is 21.1. The van der Waals surface area contributed by atoms with Crippen LogP contribution in [0.4, 0.5) is 0 Å². The largest absolute Gasteiger partial charge is 0.350 e. The number of thiophene rings is 1. The lowest BCUT2D eigenvalue weighted by Gasteiger charge is -2.43. The van der Waals surface area contributed by atoms with E-state index >= 15 is 0 Å². The van der Waals surface area contributed by atoms with Crippen molar-refractivity contribution in [2.24, 2.45) is 0 Å². The van der Waals surface area contributed by atoms with Crippen LogP contribution < -0.4 is 5.32 Å². The Labute approximate surface area is 213 Å². The molecule has 1 aliphatic heterocycles. The van der Waals surface area contributed by atoms with E-state index in [0.717, 1.165) is 27.3 Å². The van der Waals surface area contributed by atoms with Gasteiger partial charge in [-0.3, -0.25) is 14.3 Å². The number of carbonyl (C=O) groups is 2. The fraction of sp³-hybridized carbons (Fsp3) is 0.222. The van der Waals surface area contributed by atoms with Gasteiger partial charge in [0, 0.05) is 18.1 Å². The van der Waals surface area contributed by atoms with Crippen LogP contribution in [0.3, 0.4) is 0 Å². The van der Waals surface area contributed by atoms with Gasteiger partial charge in [-0.25, -0.2) is 0 Å². The van der Waals surface area contributed by atoms with E-state index in [1.807, 2.05) is 73.0 Å². The van der Waals surface area contributed by atoms with Crippen LogP contribution in [0.25, 0.3) is 10.6 Å². The number of aryl methyl sites for hydroxylation is 1. The van der Waals surface area contributed by atoms with Crippen LogP contribution in [-0.4, -0.2) is 32.0 Å². The summed E-state index contributed by atoms with van der Waals surface area (Å²) in [6.07, 6.45) is 0. The first-order valence-corrected chi connectivity index (χ1v) is 12.6. The van der Waals surface area contributed by atoms with Crippen molar-refractivity contribution in [2.75, 3.05) is 0 Å². The lowest BCUT2D eigenvalue weighted by Crippen LogP contribution is -2.63. The first kappa shape index (κ1) is 23.3. The minimum atomic E-state index is -1.14. The van der Waals surface area contributed by atoms with Crippen LogP contribution in [-0.2, 0) is 24.4 Å². The molecule has 2 amide bonds. The normalized spacial score (nSPS) is 17.3. The molecule has 8 heteroatoms. The van der Waals surface area contributed by atoms with E-state index in [0.29, 0.717) is 17.3 Å². The standard InChI is InChI=1S/C27H25ClN4O2S/c1-18-8-10-19(11-9-18)15-29-26(34)27(2)17-32-23(14-22(30-32)24-7-4-12-35-24)25(33)31(27)16-20-5-3-6-21(28)13-20/h3-14H,15-17H2,1-2H3,(H,29,34). The minimum absolute atomic E-state index is 0.229. The number of amides is 2. The van der Waals surface area contributed by atoms with Gasteiger partial charge in [0.2, 0.25) is 5.91 Å². The summed E-state index contributed by atoms with van der Waals surface area (Å²) in [7, 11) is 0. The smallest absolute Gasteiger partial charge is 0.273 e. The van der Waals surface area contributed by atoms with Gasteiger partial charge in [-0.2, -0.15) is 5.10 Å². The van der Waals surface area contributed by atoms with Gasteiger partial charge in [-0.05, 0) is 54.6 Å². The van der Waals surface area contributed by atoms with Crippen molar-refractivity contribution in [3.05, 3.63) is 99.5 Å². The van der Waals surface area contributed by atoms with E-state index < -0.39 is 5.54 Å². The molecule has 35 heavy (non-hydrogen) atoms. The van der Waals surface area contributed by atoms with E-state index in [1.54, 1.807) is 33.9 Å². The Kier molecular flexibility index (Phi) is 6.21. The topological polar surface area (TPSA) is 67.2 Å². The number of hydrogen-bond acceptors (Lipinski definition) is 4. The van der Waals surface area contributed by atoms with Gasteiger partial charge in [0.25, 0.3) is 5.91 Å². The van der Waals surface area contributed by atoms with Gasteiger partial charge in [0.05, 0.1) is 11.4 Å². The molecule has 3 heterocycles. The van der Waals surface area contributed by atoms with Crippen LogP contribution in [0, 0.1) is 6.92 Å². The van der Waals surface area contributed by atoms with Gasteiger partial charge in [-0.1, -0.05) is 59.6 Å². The lowest BCUT2D eigenvalue weighted by atomic mass is 9.94. The van der Waals surface area contributed by atoms with Crippen LogP contribution in [0.2, 0.25) is 5.02 Å². The second kappa shape index (κ2) is 9.32. The van der Waals surface area contributed by atoms with Crippen LogP contribution in [0.15, 0.2) is 72.1 Å². The number of hydrogen-bond donors (Lipinski definition) is 1. The molecule has 1 N–H and O–H groups in total. The predicted octanol–water partition coefficient (Wildman–Crippen LogP) is 5.30. The maximum Gasteiger partial charge on any atom is 0.273 e. The zero-order chi connectivity index (χ0) is 24.6. The number of nitrogens with zero attached hydrogens (tertiary/aromatic N) is 3. The average molecular weight is 505 g/mol. The summed E-state index contributed by atoms with van der Waals surface area (Å²) in [5.74, 6) is -0.466. The van der Waals surface area contributed by atoms with Crippen molar-refractivity contribution < 1.29 is 9.59 Å². The van der Waals surface area contributed by atoms with E-state index in [9.17, 15) is 9.59 Å². The highest BCUT2D eigenvalue weighted by atomic mass is 35.5. The van der Waals surface area contributed by atoms with Gasteiger partial charge >= 0.3 is 0 Å². The van der Waals surface area contributed by atoms with E-state index in [1.165, 1.54) is 0 Å². The molecule has 1 atom stereocenters. The Morgan fingerprint density at radius 1 is 1.11 bits per heavy atom. The molecule has 0 spiro atoms. The molecular weight excluding hydrogens is 480 g/mol. The molecule has 0 saturated heterocycles. The number of halogens is 1. The van der Waals surface area contributed by atoms with Gasteiger partial charge in [0.1, 0.15) is 16.9 Å². The lowest BCUT2D eigenvalue weighted by molar-refractivity contribution is -0.133. The summed E-state index contributed by atoms with van der Waals surface area (Å²) < 4.78 is 1.66. The van der Waals surface area contributed by atoms with Crippen LogP contribution in [0.1, 0.15) is 34.1 Å². The number of benzene rings is 2. The van der Waals surface area contributed by atoms with Crippen molar-refractivity contribution in [1.29, 1.82) is 0 Å². The number of rotatable bonds is 6. The summed E-state index contributed by atoms with van der Waals surface area (Å²) in [4.78, 5) is 30.0. The minimum Gasteiger partial charge on any atom is -0.350 e. The first-order valence-electron chi connectivity index (χ1n) is 11.4. The Hall–Kier alpha value is -3.42. The van der Waals surface area contributed by atoms with Crippen LogP contribution in [0.5, 0.6) is 0 Å². The fourth-order valence-electron chi connectivity index (χ4n) is 4.33. The average Bonchev–Trinajstić information content (AvgIpc) is 3.51. The third-order valence-corrected chi connectivity index (χ3v) is 7.49. The molecular formula is C27H25ClN4O2S. The Balaban J connectivity index is 1.48. The highest BCUT2D eigenvalue weighted by molar-refractivity contribution is 7.13. The van der Waals surface area contributed by atoms with E-state index in [-0.39, 0.29) is 24.9 Å². The summed E-state index contributed by atoms with van der Waals surface area (Å²) in [5, 5.41) is 10.3. The first-order chi connectivity index (χ1) is 16.8. The Morgan fingerprint density at radius 2 is 1.91 bits per heavy atom. The van der Waals surface area contributed by atoms with Gasteiger partial charge in [0.15, 0.2) is 0 Å². The molecule has 2 aromatic carbocycles. The number of fused-ring (bicyclic) bond motifs is 1.